The molecule has 14 heavy (non-hydrogen) atoms. The van der Waals surface area contributed by atoms with Crippen LogP contribution in [0.3, 0.4) is 0 Å². The maximum Gasteiger partial charge on any atom is 0.270 e. The molecule has 0 amide bonds. The third kappa shape index (κ3) is 1.28. The smallest absolute Gasteiger partial charge is 0.258 e. The molecule has 2 aromatic rings. The summed E-state index contributed by atoms with van der Waals surface area (Å²) in [7, 11) is 0. The molecule has 4 nitrogen and oxygen atoms in total. The van der Waals surface area contributed by atoms with Crippen molar-refractivity contribution in [2.75, 3.05) is 0 Å². The molecule has 2 rings (SSSR count). The van der Waals surface area contributed by atoms with Crippen molar-refractivity contribution in [2.24, 2.45) is 0 Å². The van der Waals surface area contributed by atoms with E-state index in [-0.39, 0.29) is 11.1 Å². The summed E-state index contributed by atoms with van der Waals surface area (Å²) >= 11 is 0. The molecule has 1 aromatic heterocycles. The molecular formula is C9H5FN2O2. The Bertz CT molecular complexity index is 513. The number of fused-ring (bicyclic) bond motifs is 1. The van der Waals surface area contributed by atoms with Crippen LogP contribution in [0.5, 0.6) is 0 Å². The van der Waals surface area contributed by atoms with Gasteiger partial charge in [0.1, 0.15) is 5.82 Å². The second-order valence-electron chi connectivity index (χ2n) is 2.75. The number of aromatic nitrogens is 1. The fourth-order valence-electron chi connectivity index (χ4n) is 1.21. The average Bonchev–Trinajstić information content (AvgIpc) is 2.18. The zero-order chi connectivity index (χ0) is 10.1. The number of non-ortho nitro benzene ring substituents is 1. The van der Waals surface area contributed by atoms with Crippen molar-refractivity contribution in [1.82, 2.24) is 4.98 Å². The molecule has 70 valence electrons. The third-order valence-corrected chi connectivity index (χ3v) is 1.88. The van der Waals surface area contributed by atoms with Gasteiger partial charge in [-0.25, -0.2) is 4.39 Å². The summed E-state index contributed by atoms with van der Waals surface area (Å²) in [6.07, 6.45) is 1.32. The number of nitrogens with zero attached hydrogens (tertiary/aromatic N) is 2. The van der Waals surface area contributed by atoms with Crippen LogP contribution < -0.4 is 0 Å². The van der Waals surface area contributed by atoms with Gasteiger partial charge in [0.25, 0.3) is 5.69 Å². The van der Waals surface area contributed by atoms with Crippen LogP contribution in [0.1, 0.15) is 0 Å². The second-order valence-corrected chi connectivity index (χ2v) is 2.75. The van der Waals surface area contributed by atoms with E-state index in [2.05, 4.69) is 4.98 Å². The fraction of sp³-hybridized carbons (Fsp3) is 0. The standard InChI is InChI=1S/C9H5FN2O2/c10-8-3-4-11-9-2-1-6(12(13)14)5-7(8)9/h1-5H. The Morgan fingerprint density at radius 3 is 2.86 bits per heavy atom. The van der Waals surface area contributed by atoms with Crippen molar-refractivity contribution in [3.8, 4) is 0 Å². The normalized spacial score (nSPS) is 10.4. The van der Waals surface area contributed by atoms with Crippen molar-refractivity contribution in [3.05, 3.63) is 46.4 Å². The van der Waals surface area contributed by atoms with E-state index in [1.807, 2.05) is 0 Å². The molecule has 0 radical (unpaired) electrons. The van der Waals surface area contributed by atoms with Crippen molar-refractivity contribution in [3.63, 3.8) is 0 Å². The molecule has 0 N–H and O–H groups in total. The third-order valence-electron chi connectivity index (χ3n) is 1.88. The quantitative estimate of drug-likeness (QED) is 0.514. The molecular weight excluding hydrogens is 187 g/mol. The van der Waals surface area contributed by atoms with Gasteiger partial charge in [0, 0.05) is 23.7 Å². The highest BCUT2D eigenvalue weighted by Gasteiger charge is 2.08. The van der Waals surface area contributed by atoms with E-state index in [4.69, 9.17) is 0 Å². The highest BCUT2D eigenvalue weighted by Crippen LogP contribution is 2.21. The molecule has 1 aromatic carbocycles. The van der Waals surface area contributed by atoms with Gasteiger partial charge in [-0.15, -0.1) is 0 Å². The minimum absolute atomic E-state index is 0.135. The van der Waals surface area contributed by atoms with E-state index < -0.39 is 10.7 Å². The van der Waals surface area contributed by atoms with Crippen LogP contribution in [0.4, 0.5) is 10.1 Å². The topological polar surface area (TPSA) is 56.0 Å². The van der Waals surface area contributed by atoms with Crippen LogP contribution in [-0.4, -0.2) is 9.91 Å². The lowest BCUT2D eigenvalue weighted by Gasteiger charge is -1.97. The maximum atomic E-state index is 13.2. The van der Waals surface area contributed by atoms with E-state index in [0.29, 0.717) is 5.52 Å². The molecule has 0 aliphatic heterocycles. The van der Waals surface area contributed by atoms with E-state index in [1.165, 1.54) is 30.5 Å². The van der Waals surface area contributed by atoms with Gasteiger partial charge in [-0.1, -0.05) is 0 Å². The lowest BCUT2D eigenvalue weighted by atomic mass is 10.2. The van der Waals surface area contributed by atoms with E-state index in [9.17, 15) is 14.5 Å². The Morgan fingerprint density at radius 2 is 2.14 bits per heavy atom. The van der Waals surface area contributed by atoms with Gasteiger partial charge < -0.3 is 0 Å². The Morgan fingerprint density at radius 1 is 1.36 bits per heavy atom. The van der Waals surface area contributed by atoms with Gasteiger partial charge in [-0.2, -0.15) is 0 Å². The Kier molecular flexibility index (Phi) is 1.85. The number of halogens is 1. The van der Waals surface area contributed by atoms with Gasteiger partial charge in [0.2, 0.25) is 0 Å². The highest BCUT2D eigenvalue weighted by atomic mass is 19.1. The minimum atomic E-state index is -0.564. The summed E-state index contributed by atoms with van der Waals surface area (Å²) in [4.78, 5) is 13.7. The zero-order valence-electron chi connectivity index (χ0n) is 6.98. The molecule has 0 fully saturated rings. The van der Waals surface area contributed by atoms with Crippen molar-refractivity contribution < 1.29 is 9.31 Å². The number of rotatable bonds is 1. The van der Waals surface area contributed by atoms with Crippen LogP contribution >= 0.6 is 0 Å². The number of pyridine rings is 1. The van der Waals surface area contributed by atoms with Crippen molar-refractivity contribution in [2.45, 2.75) is 0 Å². The predicted octanol–water partition coefficient (Wildman–Crippen LogP) is 2.28. The number of nitro groups is 1. The first-order chi connectivity index (χ1) is 6.68. The molecule has 0 unspecified atom stereocenters. The van der Waals surface area contributed by atoms with Crippen LogP contribution in [0.15, 0.2) is 30.5 Å². The van der Waals surface area contributed by atoms with E-state index >= 15 is 0 Å². The summed E-state index contributed by atoms with van der Waals surface area (Å²) < 4.78 is 13.2. The molecule has 1 heterocycles. The largest absolute Gasteiger partial charge is 0.270 e. The number of hydrogen-bond donors (Lipinski definition) is 0. The lowest BCUT2D eigenvalue weighted by Crippen LogP contribution is -1.89. The molecule has 0 saturated carbocycles. The van der Waals surface area contributed by atoms with Gasteiger partial charge in [0.05, 0.1) is 10.4 Å². The van der Waals surface area contributed by atoms with E-state index in [1.54, 1.807) is 0 Å². The Labute approximate surface area is 78.2 Å². The molecule has 0 aliphatic rings. The molecule has 0 atom stereocenters. The maximum absolute atomic E-state index is 13.2. The Hall–Kier alpha value is -2.04. The summed E-state index contributed by atoms with van der Waals surface area (Å²) in [6.45, 7) is 0. The summed E-state index contributed by atoms with van der Waals surface area (Å²) in [5.74, 6) is -0.501. The molecule has 0 spiro atoms. The van der Waals surface area contributed by atoms with Gasteiger partial charge in [-0.05, 0) is 12.1 Å². The van der Waals surface area contributed by atoms with Gasteiger partial charge in [0.15, 0.2) is 0 Å². The van der Waals surface area contributed by atoms with Crippen LogP contribution in [0.2, 0.25) is 0 Å². The lowest BCUT2D eigenvalue weighted by molar-refractivity contribution is -0.384. The first kappa shape index (κ1) is 8.55. The minimum Gasteiger partial charge on any atom is -0.258 e. The summed E-state index contributed by atoms with van der Waals surface area (Å²) in [5, 5.41) is 10.6. The highest BCUT2D eigenvalue weighted by molar-refractivity contribution is 5.81. The summed E-state index contributed by atoms with van der Waals surface area (Å²) in [6, 6.07) is 5.08. The number of benzene rings is 1. The first-order valence-corrected chi connectivity index (χ1v) is 3.87. The number of nitro benzene ring substituents is 1. The molecule has 5 heteroatoms. The Balaban J connectivity index is 2.76. The average molecular weight is 192 g/mol. The zero-order valence-corrected chi connectivity index (χ0v) is 6.98. The van der Waals surface area contributed by atoms with Crippen LogP contribution in [0, 0.1) is 15.9 Å². The summed E-state index contributed by atoms with van der Waals surface area (Å²) in [5.41, 5.74) is 0.278. The first-order valence-electron chi connectivity index (χ1n) is 3.87. The number of hydrogen-bond acceptors (Lipinski definition) is 3. The molecule has 0 aliphatic carbocycles. The second kappa shape index (κ2) is 3.02. The van der Waals surface area contributed by atoms with E-state index in [0.717, 1.165) is 0 Å². The van der Waals surface area contributed by atoms with Gasteiger partial charge in [-0.3, -0.25) is 15.1 Å². The molecule has 0 bridgehead atoms. The SMILES string of the molecule is O=[N+]([O-])c1ccc2nccc(F)c2c1. The fourth-order valence-corrected chi connectivity index (χ4v) is 1.21. The molecule has 0 saturated heterocycles. The van der Waals surface area contributed by atoms with Gasteiger partial charge >= 0.3 is 0 Å². The van der Waals surface area contributed by atoms with Crippen molar-refractivity contribution >= 4 is 16.6 Å². The van der Waals surface area contributed by atoms with Crippen molar-refractivity contribution in [1.29, 1.82) is 0 Å². The predicted molar refractivity (Wildman–Crippen MR) is 48.4 cm³/mol. The monoisotopic (exact) mass is 192 g/mol. The van der Waals surface area contributed by atoms with Crippen LogP contribution in [-0.2, 0) is 0 Å². The van der Waals surface area contributed by atoms with Crippen LogP contribution in [0.25, 0.3) is 10.9 Å².